The Hall–Kier alpha value is -2.14. The first-order valence-electron chi connectivity index (χ1n) is 14.3. The first-order chi connectivity index (χ1) is 19.0. The molecule has 10 heteroatoms. The lowest BCUT2D eigenvalue weighted by molar-refractivity contribution is -0.143. The summed E-state index contributed by atoms with van der Waals surface area (Å²) in [5.74, 6) is 0. The van der Waals surface area contributed by atoms with Crippen LogP contribution in [-0.2, 0) is 25.3 Å². The Kier molecular flexibility index (Phi) is 15.0. The molecule has 0 heterocycles. The van der Waals surface area contributed by atoms with Crippen LogP contribution in [0.15, 0.2) is 36.4 Å². The van der Waals surface area contributed by atoms with Crippen LogP contribution in [0.3, 0.4) is 0 Å². The predicted molar refractivity (Wildman–Crippen MR) is 150 cm³/mol. The summed E-state index contributed by atoms with van der Waals surface area (Å²) in [6.45, 7) is 4.36. The van der Waals surface area contributed by atoms with Crippen molar-refractivity contribution in [1.82, 2.24) is 10.6 Å². The minimum Gasteiger partial charge on any atom is -0.330 e. The highest BCUT2D eigenvalue weighted by atomic mass is 19.4. The molecular weight excluding hydrogens is 530 g/mol. The molecule has 6 N–H and O–H groups in total. The maximum atomic E-state index is 13.5. The van der Waals surface area contributed by atoms with E-state index < -0.39 is 23.5 Å². The summed E-state index contributed by atoms with van der Waals surface area (Å²) in [4.78, 5) is 0. The lowest BCUT2D eigenvalue weighted by Crippen LogP contribution is -2.19. The topological polar surface area (TPSA) is 76.1 Å². The number of nitrogens with one attached hydrogen (secondary N) is 2. The number of alkyl halides is 6. The minimum absolute atomic E-state index is 0.0887. The van der Waals surface area contributed by atoms with E-state index in [9.17, 15) is 26.3 Å². The monoisotopic (exact) mass is 574 g/mol. The molecule has 0 radical (unpaired) electrons. The molecule has 0 atom stereocenters. The predicted octanol–water partition coefficient (Wildman–Crippen LogP) is 7.04. The van der Waals surface area contributed by atoms with Gasteiger partial charge >= 0.3 is 12.4 Å². The Morgan fingerprint density at radius 3 is 1.62 bits per heavy atom. The first kappa shape index (κ1) is 34.1. The van der Waals surface area contributed by atoms with E-state index in [-0.39, 0.29) is 11.6 Å². The quantitative estimate of drug-likeness (QED) is 0.107. The standard InChI is InChI=1S/C30H44F6N4/c31-29(32,33)27-19-26(20-28(21-27)30(34,35)36)25-17-23(10-5-4-8-13-39-15-9-12-38)16-24(18-25)22-40-14-7-3-1-2-6-11-37/h16-21,39-40H,1-15,22,37-38H2. The third kappa shape index (κ3) is 13.0. The maximum absolute atomic E-state index is 13.5. The molecule has 0 aliphatic rings. The molecule has 0 saturated heterocycles. The summed E-state index contributed by atoms with van der Waals surface area (Å²) in [6.07, 6.45) is -0.0804. The average molecular weight is 575 g/mol. The van der Waals surface area contributed by atoms with Gasteiger partial charge in [0.25, 0.3) is 0 Å². The van der Waals surface area contributed by atoms with Crippen molar-refractivity contribution in [3.63, 3.8) is 0 Å². The highest BCUT2D eigenvalue weighted by molar-refractivity contribution is 5.67. The van der Waals surface area contributed by atoms with E-state index in [2.05, 4.69) is 10.6 Å². The Labute approximate surface area is 234 Å². The van der Waals surface area contributed by atoms with Crippen molar-refractivity contribution < 1.29 is 26.3 Å². The van der Waals surface area contributed by atoms with E-state index in [0.717, 1.165) is 101 Å². The summed E-state index contributed by atoms with van der Waals surface area (Å²) in [6, 6.07) is 7.19. The second kappa shape index (κ2) is 17.6. The van der Waals surface area contributed by atoms with Crippen LogP contribution in [0.5, 0.6) is 0 Å². The maximum Gasteiger partial charge on any atom is 0.416 e. The fraction of sp³-hybridized carbons (Fsp3) is 0.600. The second-order valence-corrected chi connectivity index (χ2v) is 10.3. The van der Waals surface area contributed by atoms with Gasteiger partial charge in [0, 0.05) is 6.54 Å². The number of nitrogens with two attached hydrogens (primary N) is 2. The lowest BCUT2D eigenvalue weighted by atomic mass is 9.94. The molecule has 2 aromatic rings. The van der Waals surface area contributed by atoms with Crippen LogP contribution in [0.4, 0.5) is 26.3 Å². The van der Waals surface area contributed by atoms with E-state index in [1.54, 1.807) is 12.1 Å². The van der Waals surface area contributed by atoms with E-state index in [4.69, 9.17) is 11.5 Å². The van der Waals surface area contributed by atoms with Crippen LogP contribution in [0.25, 0.3) is 11.1 Å². The zero-order valence-corrected chi connectivity index (χ0v) is 23.2. The number of halogens is 6. The largest absolute Gasteiger partial charge is 0.416 e. The van der Waals surface area contributed by atoms with Gasteiger partial charge in [0.05, 0.1) is 11.1 Å². The van der Waals surface area contributed by atoms with Gasteiger partial charge in [-0.3, -0.25) is 0 Å². The Bertz CT molecular complexity index is 921. The molecule has 0 bridgehead atoms. The SMILES string of the molecule is NCCCCCCCNCc1cc(CCCCCNCCCN)cc(-c2cc(C(F)(F)F)cc(C(F)(F)F)c2)c1. The van der Waals surface area contributed by atoms with Gasteiger partial charge in [-0.1, -0.05) is 37.8 Å². The van der Waals surface area contributed by atoms with Crippen LogP contribution in [0, 0.1) is 0 Å². The van der Waals surface area contributed by atoms with Gasteiger partial charge < -0.3 is 22.1 Å². The Balaban J connectivity index is 2.18. The van der Waals surface area contributed by atoms with Crippen molar-refractivity contribution in [1.29, 1.82) is 0 Å². The van der Waals surface area contributed by atoms with Crippen molar-refractivity contribution in [2.24, 2.45) is 11.5 Å². The van der Waals surface area contributed by atoms with Crippen LogP contribution >= 0.6 is 0 Å². The third-order valence-electron chi connectivity index (χ3n) is 6.74. The smallest absolute Gasteiger partial charge is 0.330 e. The van der Waals surface area contributed by atoms with Gasteiger partial charge in [-0.25, -0.2) is 0 Å². The van der Waals surface area contributed by atoms with Crippen LogP contribution in [0.1, 0.15) is 80.0 Å². The highest BCUT2D eigenvalue weighted by Gasteiger charge is 2.37. The molecule has 0 fully saturated rings. The second-order valence-electron chi connectivity index (χ2n) is 10.3. The van der Waals surface area contributed by atoms with Crippen molar-refractivity contribution >= 4 is 0 Å². The molecule has 0 unspecified atom stereocenters. The average Bonchev–Trinajstić information content (AvgIpc) is 2.90. The molecule has 0 spiro atoms. The molecule has 0 aliphatic carbocycles. The Morgan fingerprint density at radius 1 is 0.500 bits per heavy atom. The zero-order valence-electron chi connectivity index (χ0n) is 23.2. The van der Waals surface area contributed by atoms with E-state index in [1.807, 2.05) is 6.07 Å². The van der Waals surface area contributed by atoms with Crippen LogP contribution in [0.2, 0.25) is 0 Å². The van der Waals surface area contributed by atoms with Crippen molar-refractivity contribution in [2.45, 2.75) is 83.1 Å². The number of hydrogen-bond acceptors (Lipinski definition) is 4. The molecule has 0 aromatic heterocycles. The summed E-state index contributed by atoms with van der Waals surface area (Å²) in [5.41, 5.74) is 10.4. The molecule has 40 heavy (non-hydrogen) atoms. The summed E-state index contributed by atoms with van der Waals surface area (Å²) in [5, 5.41) is 6.70. The van der Waals surface area contributed by atoms with E-state index in [0.29, 0.717) is 31.6 Å². The van der Waals surface area contributed by atoms with Crippen LogP contribution < -0.4 is 22.1 Å². The Morgan fingerprint density at radius 2 is 1.00 bits per heavy atom. The normalized spacial score (nSPS) is 12.3. The molecule has 2 rings (SSSR count). The first-order valence-corrected chi connectivity index (χ1v) is 14.3. The number of rotatable bonds is 19. The summed E-state index contributed by atoms with van der Waals surface area (Å²) < 4.78 is 80.9. The number of aryl methyl sites for hydroxylation is 1. The van der Waals surface area contributed by atoms with Crippen molar-refractivity contribution in [3.8, 4) is 11.1 Å². The van der Waals surface area contributed by atoms with Crippen LogP contribution in [-0.4, -0.2) is 32.7 Å². The number of hydrogen-bond donors (Lipinski definition) is 4. The molecular formula is C30H44F6N4. The lowest BCUT2D eigenvalue weighted by Gasteiger charge is -2.16. The fourth-order valence-corrected chi connectivity index (χ4v) is 4.56. The van der Waals surface area contributed by atoms with Gasteiger partial charge in [-0.05, 0) is 118 Å². The minimum atomic E-state index is -4.89. The van der Waals surface area contributed by atoms with Gasteiger partial charge in [0.1, 0.15) is 0 Å². The molecule has 4 nitrogen and oxygen atoms in total. The van der Waals surface area contributed by atoms with E-state index >= 15 is 0 Å². The summed E-state index contributed by atoms with van der Waals surface area (Å²) in [7, 11) is 0. The molecule has 2 aromatic carbocycles. The van der Waals surface area contributed by atoms with Crippen molar-refractivity contribution in [2.75, 3.05) is 32.7 Å². The van der Waals surface area contributed by atoms with E-state index in [1.165, 1.54) is 0 Å². The van der Waals surface area contributed by atoms with Gasteiger partial charge in [-0.2, -0.15) is 26.3 Å². The number of benzene rings is 2. The molecule has 0 aliphatic heterocycles. The van der Waals surface area contributed by atoms with Gasteiger partial charge in [0.15, 0.2) is 0 Å². The number of unbranched alkanes of at least 4 members (excludes halogenated alkanes) is 6. The molecule has 0 amide bonds. The third-order valence-corrected chi connectivity index (χ3v) is 6.74. The zero-order chi connectivity index (χ0) is 29.4. The fourth-order valence-electron chi connectivity index (χ4n) is 4.56. The summed E-state index contributed by atoms with van der Waals surface area (Å²) >= 11 is 0. The van der Waals surface area contributed by atoms with Gasteiger partial charge in [-0.15, -0.1) is 0 Å². The highest BCUT2D eigenvalue weighted by Crippen LogP contribution is 2.39. The van der Waals surface area contributed by atoms with Gasteiger partial charge in [0.2, 0.25) is 0 Å². The molecule has 226 valence electrons. The molecule has 0 saturated carbocycles. The van der Waals surface area contributed by atoms with Crippen molar-refractivity contribution in [3.05, 3.63) is 58.7 Å².